The average molecular weight is 322 g/mol. The van der Waals surface area contributed by atoms with Crippen LogP contribution < -0.4 is 0 Å². The van der Waals surface area contributed by atoms with Crippen molar-refractivity contribution < 1.29 is 14.0 Å². The first-order valence-corrected chi connectivity index (χ1v) is 7.92. The fourth-order valence-corrected chi connectivity index (χ4v) is 2.72. The maximum absolute atomic E-state index is 12.7. The van der Waals surface area contributed by atoms with E-state index in [2.05, 4.69) is 0 Å². The smallest absolute Gasteiger partial charge is 0.248 e. The van der Waals surface area contributed by atoms with E-state index in [0.717, 1.165) is 18.4 Å². The lowest BCUT2D eigenvalue weighted by molar-refractivity contribution is -0.131. The van der Waals surface area contributed by atoms with Crippen LogP contribution >= 0.6 is 0 Å². The number of carbonyl (C=O) groups is 2. The second kappa shape index (κ2) is 6.71. The Balaban J connectivity index is 1.75. The molecule has 1 saturated carbocycles. The molecule has 1 atom stereocenters. The standard InChI is InChI=1S/C19H18N2O3/c1-21(12-13-5-3-2-4-6-13)19(23)16(11-20)17(22)15-9-10-24-18(15)14-7-8-14/h2-6,9-10,14,16H,7-8,12H2,1H3/t16-/m1/s1. The number of ketones is 1. The molecule has 1 fully saturated rings. The molecule has 5 heteroatoms. The van der Waals surface area contributed by atoms with E-state index in [1.165, 1.54) is 11.2 Å². The highest BCUT2D eigenvalue weighted by Crippen LogP contribution is 2.42. The van der Waals surface area contributed by atoms with Crippen LogP contribution in [-0.4, -0.2) is 23.6 Å². The Kier molecular flexibility index (Phi) is 4.48. The predicted octanol–water partition coefficient (Wildman–Crippen LogP) is 3.14. The zero-order valence-electron chi connectivity index (χ0n) is 13.4. The highest BCUT2D eigenvalue weighted by Gasteiger charge is 2.36. The molecule has 24 heavy (non-hydrogen) atoms. The monoisotopic (exact) mass is 322 g/mol. The SMILES string of the molecule is CN(Cc1ccccc1)C(=O)[C@H](C#N)C(=O)c1ccoc1C1CC1. The van der Waals surface area contributed by atoms with Crippen LogP contribution in [0, 0.1) is 17.2 Å². The molecule has 1 aliphatic carbocycles. The zero-order chi connectivity index (χ0) is 17.1. The number of rotatable bonds is 6. The van der Waals surface area contributed by atoms with Gasteiger partial charge in [0.1, 0.15) is 5.76 Å². The highest BCUT2D eigenvalue weighted by molar-refractivity contribution is 6.12. The number of amides is 1. The predicted molar refractivity (Wildman–Crippen MR) is 87.0 cm³/mol. The van der Waals surface area contributed by atoms with Gasteiger partial charge in [-0.05, 0) is 24.5 Å². The fourth-order valence-electron chi connectivity index (χ4n) is 2.72. The van der Waals surface area contributed by atoms with Gasteiger partial charge >= 0.3 is 0 Å². The van der Waals surface area contributed by atoms with Crippen LogP contribution in [0.1, 0.15) is 40.4 Å². The molecule has 5 nitrogen and oxygen atoms in total. The number of benzene rings is 1. The van der Waals surface area contributed by atoms with Gasteiger partial charge in [-0.25, -0.2) is 0 Å². The summed E-state index contributed by atoms with van der Waals surface area (Å²) in [6, 6.07) is 12.9. The van der Waals surface area contributed by atoms with Gasteiger partial charge in [0.05, 0.1) is 17.9 Å². The molecule has 1 aromatic heterocycles. The normalized spacial score (nSPS) is 14.7. The van der Waals surface area contributed by atoms with Gasteiger partial charge in [0, 0.05) is 19.5 Å². The van der Waals surface area contributed by atoms with E-state index >= 15 is 0 Å². The third kappa shape index (κ3) is 3.23. The molecule has 1 aromatic carbocycles. The van der Waals surface area contributed by atoms with Crippen molar-refractivity contribution in [2.45, 2.75) is 25.3 Å². The average Bonchev–Trinajstić information content (AvgIpc) is 3.32. The van der Waals surface area contributed by atoms with Crippen LogP contribution in [0.4, 0.5) is 0 Å². The number of hydrogen-bond acceptors (Lipinski definition) is 4. The molecule has 0 bridgehead atoms. The summed E-state index contributed by atoms with van der Waals surface area (Å²) in [6.45, 7) is 0.353. The van der Waals surface area contributed by atoms with E-state index in [9.17, 15) is 14.9 Å². The number of Topliss-reactive ketones (excluding diaryl/α,β-unsaturated/α-hetero) is 1. The topological polar surface area (TPSA) is 74.3 Å². The first-order chi connectivity index (χ1) is 11.6. The van der Waals surface area contributed by atoms with Crippen molar-refractivity contribution in [1.82, 2.24) is 4.90 Å². The Bertz CT molecular complexity index is 784. The maximum Gasteiger partial charge on any atom is 0.248 e. The van der Waals surface area contributed by atoms with E-state index < -0.39 is 17.6 Å². The number of hydrogen-bond donors (Lipinski definition) is 0. The molecule has 0 radical (unpaired) electrons. The van der Waals surface area contributed by atoms with E-state index in [-0.39, 0.29) is 5.92 Å². The highest BCUT2D eigenvalue weighted by atomic mass is 16.3. The zero-order valence-corrected chi connectivity index (χ0v) is 13.4. The van der Waals surface area contributed by atoms with Gasteiger partial charge in [0.2, 0.25) is 5.91 Å². The van der Waals surface area contributed by atoms with E-state index in [4.69, 9.17) is 4.42 Å². The summed E-state index contributed by atoms with van der Waals surface area (Å²) in [5.41, 5.74) is 1.31. The number of carbonyl (C=O) groups excluding carboxylic acids is 2. The number of nitrogens with zero attached hydrogens (tertiary/aromatic N) is 2. The maximum atomic E-state index is 12.7. The summed E-state index contributed by atoms with van der Waals surface area (Å²) < 4.78 is 5.39. The molecule has 2 aromatic rings. The van der Waals surface area contributed by atoms with Crippen LogP contribution in [0.3, 0.4) is 0 Å². The van der Waals surface area contributed by atoms with Crippen molar-refractivity contribution in [1.29, 1.82) is 5.26 Å². The van der Waals surface area contributed by atoms with Crippen LogP contribution in [0.2, 0.25) is 0 Å². The molecular formula is C19H18N2O3. The Morgan fingerprint density at radius 2 is 2.00 bits per heavy atom. The molecule has 0 N–H and O–H groups in total. The Morgan fingerprint density at radius 3 is 2.62 bits per heavy atom. The first kappa shape index (κ1) is 16.0. The molecule has 0 unspecified atom stereocenters. The third-order valence-corrected chi connectivity index (χ3v) is 4.19. The van der Waals surface area contributed by atoms with Crippen molar-refractivity contribution >= 4 is 11.7 Å². The second-order valence-electron chi connectivity index (χ2n) is 6.08. The van der Waals surface area contributed by atoms with Crippen molar-refractivity contribution in [2.24, 2.45) is 5.92 Å². The molecule has 3 rings (SSSR count). The lowest BCUT2D eigenvalue weighted by Gasteiger charge is -2.19. The van der Waals surface area contributed by atoms with E-state index in [1.807, 2.05) is 36.4 Å². The van der Waals surface area contributed by atoms with Crippen molar-refractivity contribution in [2.75, 3.05) is 7.05 Å². The lowest BCUT2D eigenvalue weighted by atomic mass is 9.96. The van der Waals surface area contributed by atoms with Crippen molar-refractivity contribution in [3.05, 3.63) is 59.5 Å². The summed E-state index contributed by atoms with van der Waals surface area (Å²) >= 11 is 0. The Morgan fingerprint density at radius 1 is 1.29 bits per heavy atom. The van der Waals surface area contributed by atoms with E-state index in [1.54, 1.807) is 13.1 Å². The Hall–Kier alpha value is -2.87. The largest absolute Gasteiger partial charge is 0.468 e. The molecule has 1 aliphatic rings. The van der Waals surface area contributed by atoms with Gasteiger partial charge in [-0.15, -0.1) is 0 Å². The molecular weight excluding hydrogens is 304 g/mol. The summed E-state index contributed by atoms with van der Waals surface area (Å²) in [4.78, 5) is 26.6. The van der Waals surface area contributed by atoms with Crippen LogP contribution in [-0.2, 0) is 11.3 Å². The second-order valence-corrected chi connectivity index (χ2v) is 6.08. The molecule has 122 valence electrons. The van der Waals surface area contributed by atoms with Gasteiger partial charge in [-0.3, -0.25) is 9.59 Å². The molecule has 0 saturated heterocycles. The summed E-state index contributed by atoms with van der Waals surface area (Å²) in [5.74, 6) is -1.45. The van der Waals surface area contributed by atoms with Gasteiger partial charge in [-0.1, -0.05) is 30.3 Å². The Labute approximate surface area is 140 Å². The van der Waals surface area contributed by atoms with Gasteiger partial charge in [0.15, 0.2) is 11.7 Å². The minimum Gasteiger partial charge on any atom is -0.468 e. The van der Waals surface area contributed by atoms with Crippen LogP contribution in [0.15, 0.2) is 47.1 Å². The number of nitriles is 1. The van der Waals surface area contributed by atoms with Crippen LogP contribution in [0.5, 0.6) is 0 Å². The van der Waals surface area contributed by atoms with Gasteiger partial charge < -0.3 is 9.32 Å². The summed E-state index contributed by atoms with van der Waals surface area (Å²) in [6.07, 6.45) is 3.41. The van der Waals surface area contributed by atoms with Crippen LogP contribution in [0.25, 0.3) is 0 Å². The fraction of sp³-hybridized carbons (Fsp3) is 0.316. The summed E-state index contributed by atoms with van der Waals surface area (Å²) in [7, 11) is 1.60. The molecule has 0 spiro atoms. The lowest BCUT2D eigenvalue weighted by Crippen LogP contribution is -2.36. The minimum atomic E-state index is -1.34. The quantitative estimate of drug-likeness (QED) is 0.605. The molecule has 1 heterocycles. The molecule has 0 aliphatic heterocycles. The minimum absolute atomic E-state index is 0.246. The first-order valence-electron chi connectivity index (χ1n) is 7.92. The molecule has 1 amide bonds. The summed E-state index contributed by atoms with van der Waals surface area (Å²) in [5, 5.41) is 9.38. The number of furan rings is 1. The third-order valence-electron chi connectivity index (χ3n) is 4.19. The van der Waals surface area contributed by atoms with Gasteiger partial charge in [-0.2, -0.15) is 5.26 Å². The van der Waals surface area contributed by atoms with Crippen molar-refractivity contribution in [3.63, 3.8) is 0 Å². The van der Waals surface area contributed by atoms with Crippen molar-refractivity contribution in [3.8, 4) is 6.07 Å². The van der Waals surface area contributed by atoms with Gasteiger partial charge in [0.25, 0.3) is 0 Å². The van der Waals surface area contributed by atoms with E-state index in [0.29, 0.717) is 17.9 Å².